The van der Waals surface area contributed by atoms with Crippen molar-refractivity contribution in [2.24, 2.45) is 5.73 Å². The number of hydrogen-bond donors (Lipinski definition) is 3. The first-order valence-corrected chi connectivity index (χ1v) is 8.94. The Morgan fingerprint density at radius 2 is 1.93 bits per heavy atom. The van der Waals surface area contributed by atoms with Crippen LogP contribution in [0.5, 0.6) is 11.5 Å². The molecule has 0 fully saturated rings. The highest BCUT2D eigenvalue weighted by atomic mass is 19.4. The highest BCUT2D eigenvalue weighted by Gasteiger charge is 2.54. The molecule has 2 atom stereocenters. The van der Waals surface area contributed by atoms with Gasteiger partial charge in [-0.3, -0.25) is 0 Å². The van der Waals surface area contributed by atoms with E-state index in [1.165, 1.54) is 12.1 Å². The Morgan fingerprint density at radius 3 is 2.61 bits per heavy atom. The minimum Gasteiger partial charge on any atom is -0.497 e. The summed E-state index contributed by atoms with van der Waals surface area (Å²) in [6.07, 6.45) is -3.91. The van der Waals surface area contributed by atoms with Crippen LogP contribution >= 0.6 is 0 Å². The second kappa shape index (κ2) is 7.89. The molecule has 5 nitrogen and oxygen atoms in total. The predicted octanol–water partition coefficient (Wildman–Crippen LogP) is 3.21. The molecule has 3 rings (SSSR count). The van der Waals surface area contributed by atoms with Gasteiger partial charge in [0.2, 0.25) is 0 Å². The van der Waals surface area contributed by atoms with Gasteiger partial charge in [-0.1, -0.05) is 18.2 Å². The van der Waals surface area contributed by atoms with Crippen LogP contribution in [0, 0.1) is 0 Å². The lowest BCUT2D eigenvalue weighted by molar-refractivity contribution is -0.262. The molecule has 0 amide bonds. The van der Waals surface area contributed by atoms with Gasteiger partial charge in [-0.15, -0.1) is 0 Å². The lowest BCUT2D eigenvalue weighted by Crippen LogP contribution is -2.48. The van der Waals surface area contributed by atoms with Gasteiger partial charge in [0.1, 0.15) is 17.6 Å². The van der Waals surface area contributed by atoms with E-state index in [-0.39, 0.29) is 11.7 Å². The number of aliphatic hydroxyl groups is 1. The number of fused-ring (bicyclic) bond motifs is 1. The van der Waals surface area contributed by atoms with Gasteiger partial charge in [-0.25, -0.2) is 0 Å². The first kappa shape index (κ1) is 20.3. The molecule has 0 aromatic heterocycles. The van der Waals surface area contributed by atoms with Gasteiger partial charge >= 0.3 is 6.18 Å². The summed E-state index contributed by atoms with van der Waals surface area (Å²) in [7, 11) is 1.57. The van der Waals surface area contributed by atoms with Crippen LogP contribution in [-0.2, 0) is 12.0 Å². The number of methoxy groups -OCH3 is 1. The number of anilines is 1. The topological polar surface area (TPSA) is 76.7 Å². The van der Waals surface area contributed by atoms with Crippen LogP contribution in [0.3, 0.4) is 0 Å². The molecule has 2 aromatic rings. The maximum Gasteiger partial charge on any atom is 0.422 e. The van der Waals surface area contributed by atoms with Gasteiger partial charge in [0.05, 0.1) is 13.7 Å². The average Bonchev–Trinajstić information content (AvgIpc) is 2.88. The number of halogens is 3. The molecule has 2 unspecified atom stereocenters. The van der Waals surface area contributed by atoms with Gasteiger partial charge in [0.15, 0.2) is 5.60 Å². The van der Waals surface area contributed by atoms with E-state index in [0.717, 1.165) is 5.69 Å². The zero-order chi connectivity index (χ0) is 20.4. The van der Waals surface area contributed by atoms with Gasteiger partial charge in [-0.2, -0.15) is 13.2 Å². The average molecular weight is 396 g/mol. The van der Waals surface area contributed by atoms with Gasteiger partial charge < -0.3 is 25.6 Å². The fraction of sp³-hybridized carbons (Fsp3) is 0.400. The highest BCUT2D eigenvalue weighted by Crippen LogP contribution is 2.39. The number of aryl methyl sites for hydroxylation is 1. The Bertz CT molecular complexity index is 829. The van der Waals surface area contributed by atoms with Crippen LogP contribution in [0.2, 0.25) is 0 Å². The van der Waals surface area contributed by atoms with Gasteiger partial charge in [0, 0.05) is 18.3 Å². The molecule has 0 spiro atoms. The Kier molecular flexibility index (Phi) is 5.71. The van der Waals surface area contributed by atoms with Gasteiger partial charge in [0.25, 0.3) is 0 Å². The third-order valence-electron chi connectivity index (χ3n) is 4.95. The van der Waals surface area contributed by atoms with E-state index in [1.54, 1.807) is 19.2 Å². The van der Waals surface area contributed by atoms with E-state index in [1.807, 2.05) is 18.2 Å². The molecule has 0 saturated heterocycles. The second-order valence-electron chi connectivity index (χ2n) is 6.77. The summed E-state index contributed by atoms with van der Waals surface area (Å²) in [5, 5.41) is 13.3. The monoisotopic (exact) mass is 396 g/mol. The Hall–Kier alpha value is -2.45. The summed E-state index contributed by atoms with van der Waals surface area (Å²) in [4.78, 5) is 0. The molecule has 4 N–H and O–H groups in total. The Balaban J connectivity index is 1.76. The molecule has 1 heterocycles. The predicted molar refractivity (Wildman–Crippen MR) is 99.7 cm³/mol. The quantitative estimate of drug-likeness (QED) is 0.724. The first-order valence-electron chi connectivity index (χ1n) is 8.94. The van der Waals surface area contributed by atoms with Crippen molar-refractivity contribution >= 4 is 5.69 Å². The fourth-order valence-corrected chi connectivity index (χ4v) is 3.24. The highest BCUT2D eigenvalue weighted by molar-refractivity contribution is 5.55. The lowest BCUT2D eigenvalue weighted by atomic mass is 9.90. The summed E-state index contributed by atoms with van der Waals surface area (Å²) < 4.78 is 51.1. The van der Waals surface area contributed by atoms with Crippen molar-refractivity contribution in [2.45, 2.75) is 30.7 Å². The summed E-state index contributed by atoms with van der Waals surface area (Å²) in [6.45, 7) is -0.436. The smallest absolute Gasteiger partial charge is 0.422 e. The van der Waals surface area contributed by atoms with Crippen molar-refractivity contribution in [1.29, 1.82) is 0 Å². The minimum atomic E-state index is -4.86. The molecule has 2 aromatic carbocycles. The zero-order valence-corrected chi connectivity index (χ0v) is 15.4. The number of hydrogen-bond acceptors (Lipinski definition) is 5. The molecular formula is C20H23F3N2O3. The molecule has 0 saturated carbocycles. The van der Waals surface area contributed by atoms with E-state index in [9.17, 15) is 18.3 Å². The number of alkyl halides is 3. The van der Waals surface area contributed by atoms with E-state index in [2.05, 4.69) is 5.32 Å². The standard InChI is InChI=1S/C20H23F3N2O3/c1-27-15-3-2-4-16(10-15)28-17-7-5-13-9-14(6-8-18(13)25-11-17)19(26,12-24)20(21,22)23/h2-4,6,8-10,17,25-26H,5,7,11-12,24H2,1H3. The maximum atomic E-state index is 13.3. The largest absolute Gasteiger partial charge is 0.497 e. The number of rotatable bonds is 5. The molecular weight excluding hydrogens is 373 g/mol. The van der Waals surface area contributed by atoms with E-state index >= 15 is 0 Å². The number of ether oxygens (including phenoxy) is 2. The van der Waals surface area contributed by atoms with Crippen LogP contribution in [-0.4, -0.2) is 37.6 Å². The lowest BCUT2D eigenvalue weighted by Gasteiger charge is -2.30. The van der Waals surface area contributed by atoms with Gasteiger partial charge in [-0.05, 0) is 42.2 Å². The van der Waals surface area contributed by atoms with Crippen molar-refractivity contribution in [2.75, 3.05) is 25.5 Å². The maximum absolute atomic E-state index is 13.3. The summed E-state index contributed by atoms with van der Waals surface area (Å²) in [5.41, 5.74) is 3.34. The van der Waals surface area contributed by atoms with Crippen LogP contribution in [0.4, 0.5) is 18.9 Å². The van der Waals surface area contributed by atoms with E-state index in [4.69, 9.17) is 15.2 Å². The van der Waals surface area contributed by atoms with Crippen LogP contribution in [0.1, 0.15) is 17.5 Å². The van der Waals surface area contributed by atoms with Crippen LogP contribution in [0.15, 0.2) is 42.5 Å². The molecule has 8 heteroatoms. The number of benzene rings is 2. The summed E-state index contributed by atoms with van der Waals surface area (Å²) in [6, 6.07) is 11.4. The van der Waals surface area contributed by atoms with E-state index < -0.39 is 18.3 Å². The molecule has 1 aliphatic heterocycles. The number of nitrogens with one attached hydrogen (secondary N) is 1. The number of nitrogens with two attached hydrogens (primary N) is 1. The Morgan fingerprint density at radius 1 is 1.18 bits per heavy atom. The molecule has 152 valence electrons. The second-order valence-corrected chi connectivity index (χ2v) is 6.77. The molecule has 1 aliphatic rings. The normalized spacial score (nSPS) is 19.0. The molecule has 28 heavy (non-hydrogen) atoms. The molecule has 0 bridgehead atoms. The Labute approximate surface area is 161 Å². The third kappa shape index (κ3) is 4.02. The van der Waals surface area contributed by atoms with Crippen molar-refractivity contribution in [3.8, 4) is 11.5 Å². The fourth-order valence-electron chi connectivity index (χ4n) is 3.24. The van der Waals surface area contributed by atoms with Crippen molar-refractivity contribution in [1.82, 2.24) is 0 Å². The van der Waals surface area contributed by atoms with Crippen LogP contribution in [0.25, 0.3) is 0 Å². The SMILES string of the molecule is COc1cccc(OC2CCc3cc(C(O)(CN)C(F)(F)F)ccc3NC2)c1. The van der Waals surface area contributed by atoms with Crippen molar-refractivity contribution in [3.63, 3.8) is 0 Å². The molecule has 0 radical (unpaired) electrons. The van der Waals surface area contributed by atoms with Crippen molar-refractivity contribution in [3.05, 3.63) is 53.6 Å². The van der Waals surface area contributed by atoms with Crippen LogP contribution < -0.4 is 20.5 Å². The van der Waals surface area contributed by atoms with E-state index in [0.29, 0.717) is 36.4 Å². The third-order valence-corrected chi connectivity index (χ3v) is 4.95. The first-order chi connectivity index (χ1) is 13.3. The zero-order valence-electron chi connectivity index (χ0n) is 15.4. The summed E-state index contributed by atoms with van der Waals surface area (Å²) in [5.74, 6) is 1.34. The van der Waals surface area contributed by atoms with Crippen molar-refractivity contribution < 1.29 is 27.8 Å². The minimum absolute atomic E-state index is 0.168. The summed E-state index contributed by atoms with van der Waals surface area (Å²) >= 11 is 0. The molecule has 0 aliphatic carbocycles.